The maximum atomic E-state index is 14.2. The van der Waals surface area contributed by atoms with E-state index < -0.39 is 24.2 Å². The molecular formula is C41H51N3O8. The second kappa shape index (κ2) is 14.7. The molecule has 278 valence electrons. The van der Waals surface area contributed by atoms with Crippen molar-refractivity contribution in [1.29, 1.82) is 0 Å². The quantitative estimate of drug-likeness (QED) is 0.210. The Morgan fingerprint density at radius 3 is 2.56 bits per heavy atom. The average Bonchev–Trinajstić information content (AvgIpc) is 3.77. The lowest BCUT2D eigenvalue weighted by Crippen LogP contribution is -2.62. The number of nitrogens with one attached hydrogen (secondary N) is 2. The number of hydrogen-bond donors (Lipinski definition) is 4. The lowest BCUT2D eigenvalue weighted by Gasteiger charge is -2.62. The van der Waals surface area contributed by atoms with Gasteiger partial charge in [0.05, 0.1) is 31.9 Å². The first-order valence-corrected chi connectivity index (χ1v) is 18.5. The molecule has 11 heteroatoms. The molecule has 0 unspecified atom stereocenters. The summed E-state index contributed by atoms with van der Waals surface area (Å²) in [5.74, 6) is 1.68. The Labute approximate surface area is 305 Å². The predicted molar refractivity (Wildman–Crippen MR) is 195 cm³/mol. The number of amides is 2. The fourth-order valence-corrected chi connectivity index (χ4v) is 9.22. The molecule has 8 rings (SSSR count). The summed E-state index contributed by atoms with van der Waals surface area (Å²) in [6.07, 6.45) is 1.13. The maximum absolute atomic E-state index is 14.2. The molecule has 3 aromatic carbocycles. The van der Waals surface area contributed by atoms with Crippen LogP contribution in [0.3, 0.4) is 0 Å². The lowest BCUT2D eigenvalue weighted by molar-refractivity contribution is -0.183. The highest BCUT2D eigenvalue weighted by Gasteiger charge is 2.57. The first-order chi connectivity index (χ1) is 25.0. The van der Waals surface area contributed by atoms with Crippen LogP contribution in [0.1, 0.15) is 62.0 Å². The van der Waals surface area contributed by atoms with Gasteiger partial charge in [0, 0.05) is 29.6 Å². The van der Waals surface area contributed by atoms with E-state index in [0.717, 1.165) is 17.5 Å². The molecule has 3 saturated carbocycles. The molecule has 1 saturated heterocycles. The third-order valence-electron chi connectivity index (χ3n) is 12.3. The minimum absolute atomic E-state index is 0.00515. The molecule has 8 atom stereocenters. The Morgan fingerprint density at radius 1 is 1.08 bits per heavy atom. The van der Waals surface area contributed by atoms with E-state index >= 15 is 0 Å². The number of hydroxylamine groups is 2. The zero-order chi connectivity index (χ0) is 36.7. The molecule has 2 aliphatic heterocycles. The van der Waals surface area contributed by atoms with Crippen molar-refractivity contribution >= 4 is 11.8 Å². The van der Waals surface area contributed by atoms with Crippen molar-refractivity contribution in [3.63, 3.8) is 0 Å². The van der Waals surface area contributed by atoms with E-state index in [1.807, 2.05) is 54.6 Å². The van der Waals surface area contributed by atoms with E-state index in [0.29, 0.717) is 64.7 Å². The highest BCUT2D eigenvalue weighted by atomic mass is 16.7. The van der Waals surface area contributed by atoms with Gasteiger partial charge in [0.2, 0.25) is 12.7 Å². The number of hydrogen-bond acceptors (Lipinski definition) is 9. The van der Waals surface area contributed by atoms with E-state index in [4.69, 9.17) is 19.0 Å². The van der Waals surface area contributed by atoms with Crippen molar-refractivity contribution < 1.29 is 38.9 Å². The summed E-state index contributed by atoms with van der Waals surface area (Å²) in [6.45, 7) is 8.77. The summed E-state index contributed by atoms with van der Waals surface area (Å²) in [4.78, 5) is 34.0. The Morgan fingerprint density at radius 2 is 1.87 bits per heavy atom. The summed E-state index contributed by atoms with van der Waals surface area (Å²) < 4.78 is 17.5. The third-order valence-corrected chi connectivity index (χ3v) is 12.3. The zero-order valence-corrected chi connectivity index (χ0v) is 30.6. The maximum Gasteiger partial charge on any atom is 0.255 e. The van der Waals surface area contributed by atoms with Crippen molar-refractivity contribution in [2.45, 2.75) is 77.8 Å². The number of methoxy groups -OCH3 is 1. The van der Waals surface area contributed by atoms with Crippen LogP contribution < -0.4 is 24.8 Å². The average molecular weight is 714 g/mol. The number of fused-ring (bicyclic) bond motifs is 3. The highest BCUT2D eigenvalue weighted by Crippen LogP contribution is 2.61. The van der Waals surface area contributed by atoms with Crippen molar-refractivity contribution in [3.05, 3.63) is 77.4 Å². The second-order valence-electron chi connectivity index (χ2n) is 15.5. The van der Waals surface area contributed by atoms with Crippen LogP contribution >= 0.6 is 0 Å². The lowest BCUT2D eigenvalue weighted by atomic mass is 9.45. The molecular weight excluding hydrogens is 662 g/mol. The Kier molecular flexibility index (Phi) is 10.2. The molecule has 52 heavy (non-hydrogen) atoms. The van der Waals surface area contributed by atoms with Gasteiger partial charge in [-0.3, -0.25) is 14.4 Å². The van der Waals surface area contributed by atoms with Crippen molar-refractivity contribution in [3.8, 4) is 28.4 Å². The van der Waals surface area contributed by atoms with E-state index in [9.17, 15) is 19.8 Å². The Hall–Kier alpha value is -4.16. The van der Waals surface area contributed by atoms with Gasteiger partial charge in [-0.2, -0.15) is 5.06 Å². The van der Waals surface area contributed by atoms with E-state index in [1.165, 1.54) is 6.42 Å². The number of benzene rings is 3. The van der Waals surface area contributed by atoms with E-state index in [2.05, 4.69) is 31.4 Å². The van der Waals surface area contributed by atoms with Gasteiger partial charge < -0.3 is 35.1 Å². The molecule has 0 aromatic heterocycles. The molecule has 4 fully saturated rings. The van der Waals surface area contributed by atoms with E-state index in [-0.39, 0.29) is 43.2 Å². The fourth-order valence-electron chi connectivity index (χ4n) is 9.22. The van der Waals surface area contributed by atoms with Crippen LogP contribution in [0.2, 0.25) is 0 Å². The van der Waals surface area contributed by atoms with Crippen molar-refractivity contribution in [2.75, 3.05) is 27.1 Å². The first-order valence-electron chi connectivity index (χ1n) is 18.5. The normalized spacial score (nSPS) is 27.8. The Bertz CT molecular complexity index is 1780. The monoisotopic (exact) mass is 713 g/mol. The van der Waals surface area contributed by atoms with Crippen LogP contribution in [0.15, 0.2) is 60.7 Å². The van der Waals surface area contributed by atoms with Gasteiger partial charge in [-0.25, -0.2) is 0 Å². The highest BCUT2D eigenvalue weighted by molar-refractivity contribution is 5.99. The number of carbonyl (C=O) groups excluding carboxylic acids is 2. The zero-order valence-electron chi connectivity index (χ0n) is 30.6. The first kappa shape index (κ1) is 36.2. The number of carbonyl (C=O) groups is 2. The molecule has 2 amide bonds. The number of nitrogens with zero attached hydrogens (tertiary/aromatic N) is 1. The minimum atomic E-state index is -0.909. The van der Waals surface area contributed by atoms with Gasteiger partial charge in [0.25, 0.3) is 5.91 Å². The number of aliphatic hydroxyl groups excluding tert-OH is 2. The summed E-state index contributed by atoms with van der Waals surface area (Å²) in [6, 6.07) is 18.4. The van der Waals surface area contributed by atoms with Crippen molar-refractivity contribution in [1.82, 2.24) is 15.7 Å². The van der Waals surface area contributed by atoms with Crippen LogP contribution in [-0.2, 0) is 22.6 Å². The molecule has 0 radical (unpaired) electrons. The summed E-state index contributed by atoms with van der Waals surface area (Å²) in [5, 5.41) is 29.2. The van der Waals surface area contributed by atoms with Crippen molar-refractivity contribution in [2.24, 2.45) is 29.1 Å². The topological polar surface area (TPSA) is 139 Å². The molecule has 2 bridgehead atoms. The number of para-hydroxylation sites is 1. The fraction of sp³-hybridized carbons (Fsp3) is 0.512. The van der Waals surface area contributed by atoms with Gasteiger partial charge in [-0.05, 0) is 72.6 Å². The second-order valence-corrected chi connectivity index (χ2v) is 15.5. The van der Waals surface area contributed by atoms with Gasteiger partial charge in [0.15, 0.2) is 11.5 Å². The van der Waals surface area contributed by atoms with Crippen LogP contribution in [0.25, 0.3) is 11.1 Å². The van der Waals surface area contributed by atoms with E-state index in [1.54, 1.807) is 25.2 Å². The SMILES string of the molecule is COc1c(CN2O[C@@H](CO)[C@H]([C@H](C)O)[C@H]2C(=O)N[C@H]2C[C@@H]3C[C@H]([C@@H]2C)C3(C)C)cccc1-c1cc2c(c(C(=O)NCCc3ccccc3)c1)OCO2. The molecule has 3 aromatic rings. The van der Waals surface area contributed by atoms with Crippen LogP contribution in [0, 0.1) is 29.1 Å². The number of rotatable bonds is 12. The number of aliphatic hydroxyl groups is 2. The molecule has 4 N–H and O–H groups in total. The molecule has 2 heterocycles. The largest absolute Gasteiger partial charge is 0.496 e. The molecule has 5 aliphatic rings. The third kappa shape index (κ3) is 6.64. The number of ether oxygens (including phenoxy) is 3. The summed E-state index contributed by atoms with van der Waals surface area (Å²) in [5.41, 5.74) is 3.88. The van der Waals surface area contributed by atoms with Gasteiger partial charge in [-0.15, -0.1) is 0 Å². The molecule has 0 spiro atoms. The summed E-state index contributed by atoms with van der Waals surface area (Å²) >= 11 is 0. The standard InChI is InChI=1S/C41H51N3O8/c1-23-31-18-28(41(31,3)4)19-32(23)43-40(48)36-35(24(2)46)34(21-45)52-44(36)20-26-12-9-13-29(37(26)49-5)27-16-30(38-33(17-27)50-22-51-38)39(47)42-15-14-25-10-7-6-8-11-25/h6-13,16-17,23-24,28,31-32,34-36,45-46H,14-15,18-22H2,1-5H3,(H,42,47)(H,43,48)/t23-,24-,28-,31+,32-,34-,35-,36-/m0/s1. The smallest absolute Gasteiger partial charge is 0.255 e. The predicted octanol–water partition coefficient (Wildman–Crippen LogP) is 4.72. The van der Waals surface area contributed by atoms with Gasteiger partial charge in [0.1, 0.15) is 17.9 Å². The Balaban J connectivity index is 1.14. The molecule has 3 aliphatic carbocycles. The molecule has 11 nitrogen and oxygen atoms in total. The van der Waals surface area contributed by atoms with Crippen LogP contribution in [0.5, 0.6) is 17.2 Å². The van der Waals surface area contributed by atoms with Crippen LogP contribution in [0.4, 0.5) is 0 Å². The summed E-state index contributed by atoms with van der Waals surface area (Å²) in [7, 11) is 1.58. The van der Waals surface area contributed by atoms with Gasteiger partial charge in [-0.1, -0.05) is 69.3 Å². The van der Waals surface area contributed by atoms with Gasteiger partial charge >= 0.3 is 0 Å². The minimum Gasteiger partial charge on any atom is -0.496 e. The van der Waals surface area contributed by atoms with Crippen LogP contribution in [-0.4, -0.2) is 78.4 Å².